The molecule has 3 N–H and O–H groups in total. The van der Waals surface area contributed by atoms with Crippen molar-refractivity contribution in [3.63, 3.8) is 0 Å². The largest absolute Gasteiger partial charge is 0.369 e. The molecule has 8 nitrogen and oxygen atoms in total. The van der Waals surface area contributed by atoms with Gasteiger partial charge in [0.05, 0.1) is 9.79 Å². The van der Waals surface area contributed by atoms with Gasteiger partial charge in [0.1, 0.15) is 0 Å². The Morgan fingerprint density at radius 3 is 1.62 bits per heavy atom. The highest BCUT2D eigenvalue weighted by molar-refractivity contribution is 9.10. The summed E-state index contributed by atoms with van der Waals surface area (Å²) in [5.41, 5.74) is 1.07. The van der Waals surface area contributed by atoms with E-state index < -0.39 is 20.0 Å². The third kappa shape index (κ3) is 6.76. The average molecular weight is 505 g/mol. The van der Waals surface area contributed by atoms with E-state index in [-0.39, 0.29) is 4.90 Å². The number of nitrogens with zero attached hydrogens (tertiary/aromatic N) is 1. The Balaban J connectivity index is 0.000000221. The van der Waals surface area contributed by atoms with Gasteiger partial charge in [-0.05, 0) is 62.6 Å². The first-order chi connectivity index (χ1) is 13.7. The van der Waals surface area contributed by atoms with E-state index in [1.54, 1.807) is 24.3 Å². The quantitative estimate of drug-likeness (QED) is 0.567. The van der Waals surface area contributed by atoms with Crippen LogP contribution in [0.2, 0.25) is 0 Å². The highest BCUT2D eigenvalue weighted by atomic mass is 79.9. The Kier molecular flexibility index (Phi) is 8.61. The zero-order valence-corrected chi connectivity index (χ0v) is 19.4. The summed E-state index contributed by atoms with van der Waals surface area (Å²) in [4.78, 5) is 2.82. The minimum Gasteiger partial charge on any atom is -0.369 e. The Labute approximate surface area is 180 Å². The topological polar surface area (TPSA) is 108 Å². The molecule has 1 heterocycles. The molecule has 29 heavy (non-hydrogen) atoms. The van der Waals surface area contributed by atoms with Crippen molar-refractivity contribution in [3.05, 3.63) is 53.0 Å². The van der Waals surface area contributed by atoms with Crippen LogP contribution in [0.3, 0.4) is 0 Å². The molecule has 160 valence electrons. The molecule has 0 aromatic heterocycles. The zero-order valence-electron chi connectivity index (χ0n) is 16.2. The fourth-order valence-electron chi connectivity index (χ4n) is 2.61. The van der Waals surface area contributed by atoms with Gasteiger partial charge in [0, 0.05) is 36.3 Å². The molecule has 11 heteroatoms. The lowest BCUT2D eigenvalue weighted by molar-refractivity contribution is 0.585. The molecule has 0 atom stereocenters. The van der Waals surface area contributed by atoms with Crippen LogP contribution in [0.5, 0.6) is 0 Å². The van der Waals surface area contributed by atoms with Gasteiger partial charge in [-0.15, -0.1) is 0 Å². The molecular weight excluding hydrogens is 480 g/mol. The van der Waals surface area contributed by atoms with Crippen molar-refractivity contribution >= 4 is 41.7 Å². The van der Waals surface area contributed by atoms with Gasteiger partial charge in [-0.2, -0.15) is 0 Å². The molecule has 0 amide bonds. The molecule has 0 aliphatic carbocycles. The summed E-state index contributed by atoms with van der Waals surface area (Å²) in [5, 5.41) is 3.28. The van der Waals surface area contributed by atoms with E-state index in [4.69, 9.17) is 0 Å². The second-order valence-corrected chi connectivity index (χ2v) is 10.8. The fraction of sp³-hybridized carbons (Fsp3) is 0.333. The van der Waals surface area contributed by atoms with Crippen molar-refractivity contribution in [2.24, 2.45) is 0 Å². The van der Waals surface area contributed by atoms with Crippen molar-refractivity contribution in [3.8, 4) is 0 Å². The number of rotatable bonds is 5. The van der Waals surface area contributed by atoms with Crippen LogP contribution in [-0.4, -0.2) is 57.1 Å². The van der Waals surface area contributed by atoms with E-state index in [1.807, 2.05) is 12.1 Å². The summed E-state index contributed by atoms with van der Waals surface area (Å²) in [6, 6.07) is 13.4. The van der Waals surface area contributed by atoms with E-state index >= 15 is 0 Å². The fourth-order valence-corrected chi connectivity index (χ4v) is 4.33. The lowest BCUT2D eigenvalue weighted by Gasteiger charge is -2.29. The highest BCUT2D eigenvalue weighted by Crippen LogP contribution is 2.18. The second kappa shape index (κ2) is 10.5. The lowest BCUT2D eigenvalue weighted by Crippen LogP contribution is -2.43. The first-order valence-electron chi connectivity index (χ1n) is 8.88. The zero-order chi connectivity index (χ0) is 21.5. The number of sulfonamides is 2. The monoisotopic (exact) mass is 504 g/mol. The van der Waals surface area contributed by atoms with Crippen LogP contribution < -0.4 is 19.7 Å². The van der Waals surface area contributed by atoms with Crippen LogP contribution in [0.1, 0.15) is 0 Å². The van der Waals surface area contributed by atoms with Crippen LogP contribution in [0, 0.1) is 0 Å². The predicted molar refractivity (Wildman–Crippen MR) is 118 cm³/mol. The van der Waals surface area contributed by atoms with Crippen LogP contribution in [0.15, 0.2) is 62.8 Å². The summed E-state index contributed by atoms with van der Waals surface area (Å²) in [7, 11) is -3.81. The first kappa shape index (κ1) is 23.8. The van der Waals surface area contributed by atoms with Crippen molar-refractivity contribution in [1.29, 1.82) is 0 Å². The summed E-state index contributed by atoms with van der Waals surface area (Å²) < 4.78 is 50.9. The Morgan fingerprint density at radius 2 is 1.21 bits per heavy atom. The van der Waals surface area contributed by atoms with E-state index in [2.05, 4.69) is 35.6 Å². The molecule has 1 fully saturated rings. The molecule has 0 spiro atoms. The van der Waals surface area contributed by atoms with Crippen LogP contribution in [0.4, 0.5) is 5.69 Å². The number of hydrogen-bond donors (Lipinski definition) is 3. The predicted octanol–water partition coefficient (Wildman–Crippen LogP) is 1.36. The minimum atomic E-state index is -3.33. The van der Waals surface area contributed by atoms with Crippen LogP contribution >= 0.6 is 15.9 Å². The summed E-state index contributed by atoms with van der Waals surface area (Å²) in [5.74, 6) is 0. The minimum absolute atomic E-state index is 0.271. The van der Waals surface area contributed by atoms with Gasteiger partial charge < -0.3 is 10.2 Å². The van der Waals surface area contributed by atoms with Gasteiger partial charge in [-0.3, -0.25) is 0 Å². The lowest BCUT2D eigenvalue weighted by atomic mass is 10.2. The van der Waals surface area contributed by atoms with E-state index in [9.17, 15) is 16.8 Å². The van der Waals surface area contributed by atoms with E-state index in [0.29, 0.717) is 4.90 Å². The molecule has 2 aromatic carbocycles. The average Bonchev–Trinajstić information content (AvgIpc) is 2.75. The number of nitrogens with one attached hydrogen (secondary N) is 3. The normalized spacial score (nSPS) is 14.8. The number of hydrogen-bond acceptors (Lipinski definition) is 6. The number of piperazine rings is 1. The molecule has 0 unspecified atom stereocenters. The number of halogens is 1. The maximum Gasteiger partial charge on any atom is 0.240 e. The SMILES string of the molecule is CNS(=O)(=O)c1ccc(Br)cc1.CNS(=O)(=O)c1ccc(N2CCNCC2)cc1. The molecule has 3 rings (SSSR count). The maximum atomic E-state index is 11.6. The second-order valence-electron chi connectivity index (χ2n) is 6.10. The number of anilines is 1. The Morgan fingerprint density at radius 1 is 0.793 bits per heavy atom. The molecule has 0 saturated carbocycles. The standard InChI is InChI=1S/C11H17N3O2S.C7H8BrNO2S/c1-12-17(15,16)11-4-2-10(3-5-11)14-8-6-13-7-9-14;1-9-12(10,11)7-4-2-6(8)3-5-7/h2-5,12-13H,6-9H2,1H3;2-5,9H,1H3. The number of benzene rings is 2. The van der Waals surface area contributed by atoms with Gasteiger partial charge in [-0.25, -0.2) is 26.3 Å². The smallest absolute Gasteiger partial charge is 0.240 e. The third-order valence-electron chi connectivity index (χ3n) is 4.29. The molecule has 1 aliphatic rings. The van der Waals surface area contributed by atoms with Gasteiger partial charge in [0.15, 0.2) is 0 Å². The molecule has 1 saturated heterocycles. The molecular formula is C18H25BrN4O4S2. The molecule has 0 bridgehead atoms. The Bertz CT molecular complexity index is 989. The summed E-state index contributed by atoms with van der Waals surface area (Å²) in [6.45, 7) is 3.85. The Hall–Kier alpha value is -1.50. The maximum absolute atomic E-state index is 11.6. The molecule has 0 radical (unpaired) electrons. The van der Waals surface area contributed by atoms with Gasteiger partial charge in [-0.1, -0.05) is 15.9 Å². The van der Waals surface area contributed by atoms with E-state index in [0.717, 1.165) is 36.3 Å². The van der Waals surface area contributed by atoms with Crippen LogP contribution in [-0.2, 0) is 20.0 Å². The first-order valence-corrected chi connectivity index (χ1v) is 12.6. The van der Waals surface area contributed by atoms with Gasteiger partial charge >= 0.3 is 0 Å². The van der Waals surface area contributed by atoms with Crippen molar-refractivity contribution in [1.82, 2.24) is 14.8 Å². The van der Waals surface area contributed by atoms with Crippen molar-refractivity contribution < 1.29 is 16.8 Å². The summed E-state index contributed by atoms with van der Waals surface area (Å²) in [6.07, 6.45) is 0. The molecule has 2 aromatic rings. The van der Waals surface area contributed by atoms with Crippen molar-refractivity contribution in [2.45, 2.75) is 9.79 Å². The van der Waals surface area contributed by atoms with E-state index in [1.165, 1.54) is 26.2 Å². The third-order valence-corrected chi connectivity index (χ3v) is 7.68. The highest BCUT2D eigenvalue weighted by Gasteiger charge is 2.14. The van der Waals surface area contributed by atoms with Gasteiger partial charge in [0.25, 0.3) is 0 Å². The van der Waals surface area contributed by atoms with Crippen molar-refractivity contribution in [2.75, 3.05) is 45.2 Å². The summed E-state index contributed by atoms with van der Waals surface area (Å²) >= 11 is 3.22. The van der Waals surface area contributed by atoms with Crippen LogP contribution in [0.25, 0.3) is 0 Å². The molecule has 1 aliphatic heterocycles. The van der Waals surface area contributed by atoms with Gasteiger partial charge in [0.2, 0.25) is 20.0 Å².